The lowest BCUT2D eigenvalue weighted by Gasteiger charge is -2.28. The molecule has 0 aliphatic carbocycles. The molecule has 0 amide bonds. The Kier molecular flexibility index (Phi) is 6.12. The molecule has 0 saturated carbocycles. The number of nitrogens with one attached hydrogen (secondary N) is 1. The van der Waals surface area contributed by atoms with Crippen LogP contribution in [0.1, 0.15) is 25.5 Å². The molecular formula is C15H26N2O2. The molecule has 1 unspecified atom stereocenters. The van der Waals surface area contributed by atoms with Crippen molar-refractivity contribution in [1.29, 1.82) is 0 Å². The van der Waals surface area contributed by atoms with Crippen molar-refractivity contribution in [3.05, 3.63) is 23.8 Å². The van der Waals surface area contributed by atoms with Crippen molar-refractivity contribution in [1.82, 2.24) is 10.2 Å². The summed E-state index contributed by atoms with van der Waals surface area (Å²) in [7, 11) is 7.48. The Morgan fingerprint density at radius 3 is 2.37 bits per heavy atom. The van der Waals surface area contributed by atoms with Crippen molar-refractivity contribution >= 4 is 0 Å². The highest BCUT2D eigenvalue weighted by molar-refractivity contribution is 5.42. The van der Waals surface area contributed by atoms with E-state index >= 15 is 0 Å². The smallest absolute Gasteiger partial charge is 0.123 e. The van der Waals surface area contributed by atoms with E-state index < -0.39 is 0 Å². The van der Waals surface area contributed by atoms with Crippen molar-refractivity contribution in [2.75, 3.05) is 34.9 Å². The van der Waals surface area contributed by atoms with Gasteiger partial charge in [-0.25, -0.2) is 0 Å². The number of nitrogens with zero attached hydrogens (tertiary/aromatic N) is 1. The first kappa shape index (κ1) is 15.8. The maximum Gasteiger partial charge on any atom is 0.123 e. The van der Waals surface area contributed by atoms with Gasteiger partial charge in [0.1, 0.15) is 11.5 Å². The molecule has 0 aliphatic rings. The fraction of sp³-hybridized carbons (Fsp3) is 0.600. The van der Waals surface area contributed by atoms with Gasteiger partial charge in [0.2, 0.25) is 0 Å². The van der Waals surface area contributed by atoms with Crippen LogP contribution in [0.2, 0.25) is 0 Å². The van der Waals surface area contributed by atoms with E-state index in [2.05, 4.69) is 31.1 Å². The Morgan fingerprint density at radius 1 is 1.21 bits per heavy atom. The molecular weight excluding hydrogens is 240 g/mol. The van der Waals surface area contributed by atoms with Gasteiger partial charge in [0.25, 0.3) is 0 Å². The van der Waals surface area contributed by atoms with E-state index in [1.165, 1.54) is 0 Å². The first-order chi connectivity index (χ1) is 9.03. The number of hydrogen-bond donors (Lipinski definition) is 1. The highest BCUT2D eigenvalue weighted by Gasteiger charge is 2.18. The van der Waals surface area contributed by atoms with Crippen molar-refractivity contribution in [3.8, 4) is 11.5 Å². The van der Waals surface area contributed by atoms with Crippen LogP contribution in [0, 0.1) is 0 Å². The lowest BCUT2D eigenvalue weighted by Crippen LogP contribution is -2.35. The summed E-state index contributed by atoms with van der Waals surface area (Å²) >= 11 is 0. The molecule has 1 aromatic rings. The zero-order valence-electron chi connectivity index (χ0n) is 12.9. The minimum absolute atomic E-state index is 0.206. The van der Waals surface area contributed by atoms with E-state index in [0.29, 0.717) is 6.04 Å². The van der Waals surface area contributed by atoms with Gasteiger partial charge in [-0.05, 0) is 46.1 Å². The fourth-order valence-corrected chi connectivity index (χ4v) is 1.96. The zero-order chi connectivity index (χ0) is 14.4. The molecule has 0 saturated heterocycles. The third kappa shape index (κ3) is 4.11. The molecule has 19 heavy (non-hydrogen) atoms. The van der Waals surface area contributed by atoms with E-state index in [0.717, 1.165) is 23.6 Å². The van der Waals surface area contributed by atoms with Crippen molar-refractivity contribution in [3.63, 3.8) is 0 Å². The molecule has 0 aromatic heterocycles. The molecule has 0 spiro atoms. The molecule has 4 nitrogen and oxygen atoms in total. The lowest BCUT2D eigenvalue weighted by atomic mass is 10.0. The van der Waals surface area contributed by atoms with Crippen LogP contribution < -0.4 is 14.8 Å². The van der Waals surface area contributed by atoms with Gasteiger partial charge < -0.3 is 19.7 Å². The summed E-state index contributed by atoms with van der Waals surface area (Å²) in [5.74, 6) is 1.74. The molecule has 1 atom stereocenters. The van der Waals surface area contributed by atoms with Crippen LogP contribution in [0.25, 0.3) is 0 Å². The summed E-state index contributed by atoms with van der Waals surface area (Å²) in [6, 6.07) is 6.62. The van der Waals surface area contributed by atoms with Crippen LogP contribution in [0.5, 0.6) is 11.5 Å². The zero-order valence-corrected chi connectivity index (χ0v) is 12.9. The van der Waals surface area contributed by atoms with Crippen molar-refractivity contribution in [2.45, 2.75) is 25.9 Å². The predicted molar refractivity (Wildman–Crippen MR) is 79.1 cm³/mol. The van der Waals surface area contributed by atoms with Crippen LogP contribution in [-0.4, -0.2) is 45.8 Å². The first-order valence-corrected chi connectivity index (χ1v) is 6.62. The standard InChI is InChI=1S/C15H26N2O2/c1-11(2)17(4)10-14(16-3)13-9-12(18-5)7-8-15(13)19-6/h7-9,11,14,16H,10H2,1-6H3. The number of methoxy groups -OCH3 is 2. The largest absolute Gasteiger partial charge is 0.497 e. The summed E-state index contributed by atoms with van der Waals surface area (Å²) in [6.45, 7) is 5.29. The summed E-state index contributed by atoms with van der Waals surface area (Å²) in [5.41, 5.74) is 1.12. The minimum Gasteiger partial charge on any atom is -0.497 e. The van der Waals surface area contributed by atoms with E-state index in [1.54, 1.807) is 14.2 Å². The average molecular weight is 266 g/mol. The van der Waals surface area contributed by atoms with Gasteiger partial charge >= 0.3 is 0 Å². The van der Waals surface area contributed by atoms with Gasteiger partial charge in [-0.3, -0.25) is 0 Å². The van der Waals surface area contributed by atoms with Gasteiger partial charge in [0.15, 0.2) is 0 Å². The van der Waals surface area contributed by atoms with E-state index in [-0.39, 0.29) is 6.04 Å². The number of rotatable bonds is 7. The molecule has 0 radical (unpaired) electrons. The Hall–Kier alpha value is -1.26. The number of hydrogen-bond acceptors (Lipinski definition) is 4. The van der Waals surface area contributed by atoms with E-state index in [4.69, 9.17) is 9.47 Å². The Bertz CT molecular complexity index is 394. The number of likely N-dealkylation sites (N-methyl/N-ethyl adjacent to an activating group) is 2. The van der Waals surface area contributed by atoms with Gasteiger partial charge in [0.05, 0.1) is 14.2 Å². The van der Waals surface area contributed by atoms with E-state index in [1.807, 2.05) is 25.2 Å². The molecule has 4 heteroatoms. The Labute approximate surface area is 116 Å². The Morgan fingerprint density at radius 2 is 1.89 bits per heavy atom. The summed E-state index contributed by atoms with van der Waals surface area (Å²) < 4.78 is 10.8. The second-order valence-corrected chi connectivity index (χ2v) is 4.98. The van der Waals surface area contributed by atoms with Crippen LogP contribution in [0.15, 0.2) is 18.2 Å². The van der Waals surface area contributed by atoms with Crippen LogP contribution in [0.3, 0.4) is 0 Å². The van der Waals surface area contributed by atoms with Gasteiger partial charge in [-0.15, -0.1) is 0 Å². The minimum atomic E-state index is 0.206. The molecule has 1 aromatic carbocycles. The molecule has 0 aliphatic heterocycles. The number of benzene rings is 1. The normalized spacial score (nSPS) is 12.8. The molecule has 108 valence electrons. The lowest BCUT2D eigenvalue weighted by molar-refractivity contribution is 0.244. The topological polar surface area (TPSA) is 33.7 Å². The summed E-state index contributed by atoms with van der Waals surface area (Å²) in [6.07, 6.45) is 0. The molecule has 0 heterocycles. The average Bonchev–Trinajstić information content (AvgIpc) is 2.43. The molecule has 0 bridgehead atoms. The second kappa shape index (κ2) is 7.36. The fourth-order valence-electron chi connectivity index (χ4n) is 1.96. The highest BCUT2D eigenvalue weighted by Crippen LogP contribution is 2.29. The molecule has 1 N–H and O–H groups in total. The highest BCUT2D eigenvalue weighted by atomic mass is 16.5. The van der Waals surface area contributed by atoms with Crippen LogP contribution >= 0.6 is 0 Å². The van der Waals surface area contributed by atoms with Crippen LogP contribution in [-0.2, 0) is 0 Å². The van der Waals surface area contributed by atoms with Gasteiger partial charge in [-0.2, -0.15) is 0 Å². The SMILES string of the molecule is CNC(CN(C)C(C)C)c1cc(OC)ccc1OC. The first-order valence-electron chi connectivity index (χ1n) is 6.62. The monoisotopic (exact) mass is 266 g/mol. The third-order valence-electron chi connectivity index (χ3n) is 3.51. The predicted octanol–water partition coefficient (Wildman–Crippen LogP) is 2.30. The second-order valence-electron chi connectivity index (χ2n) is 4.98. The van der Waals surface area contributed by atoms with Crippen molar-refractivity contribution in [2.24, 2.45) is 0 Å². The maximum absolute atomic E-state index is 5.46. The summed E-state index contributed by atoms with van der Waals surface area (Å²) in [4.78, 5) is 2.31. The van der Waals surface area contributed by atoms with Crippen LogP contribution in [0.4, 0.5) is 0 Å². The Balaban J connectivity index is 3.01. The van der Waals surface area contributed by atoms with Gasteiger partial charge in [-0.1, -0.05) is 0 Å². The van der Waals surface area contributed by atoms with E-state index in [9.17, 15) is 0 Å². The van der Waals surface area contributed by atoms with Crippen molar-refractivity contribution < 1.29 is 9.47 Å². The third-order valence-corrected chi connectivity index (χ3v) is 3.51. The number of ether oxygens (including phenoxy) is 2. The maximum atomic E-state index is 5.46. The summed E-state index contributed by atoms with van der Waals surface area (Å²) in [5, 5.41) is 3.35. The molecule has 1 rings (SSSR count). The quantitative estimate of drug-likeness (QED) is 0.821. The molecule has 0 fully saturated rings. The van der Waals surface area contributed by atoms with Gasteiger partial charge in [0, 0.05) is 24.2 Å².